The predicted octanol–water partition coefficient (Wildman–Crippen LogP) is 9.00. The molecule has 0 radical (unpaired) electrons. The lowest BCUT2D eigenvalue weighted by Crippen LogP contribution is -2.30. The van der Waals surface area contributed by atoms with Crippen LogP contribution < -0.4 is 16.0 Å². The molecule has 1 atom stereocenters. The molecule has 3 amide bonds. The van der Waals surface area contributed by atoms with Gasteiger partial charge in [0.15, 0.2) is 0 Å². The summed E-state index contributed by atoms with van der Waals surface area (Å²) in [5.74, 6) is -0.614. The van der Waals surface area contributed by atoms with Gasteiger partial charge in [-0.1, -0.05) is 105 Å². The number of anilines is 2. The van der Waals surface area contributed by atoms with Crippen molar-refractivity contribution in [3.63, 3.8) is 0 Å². The van der Waals surface area contributed by atoms with Crippen molar-refractivity contribution in [3.8, 4) is 0 Å². The summed E-state index contributed by atoms with van der Waals surface area (Å²) in [6.07, 6.45) is 1.67. The number of rotatable bonds is 11. The third kappa shape index (κ3) is 9.08. The second-order valence-electron chi connectivity index (χ2n) is 11.4. The van der Waals surface area contributed by atoms with Crippen molar-refractivity contribution in [1.82, 2.24) is 5.32 Å². The minimum absolute atomic E-state index is 0.108. The van der Waals surface area contributed by atoms with E-state index in [1.165, 1.54) is 17.3 Å². The van der Waals surface area contributed by atoms with Gasteiger partial charge in [0.1, 0.15) is 10.9 Å². The second kappa shape index (κ2) is 15.7. The molecule has 0 aliphatic heterocycles. The Morgan fingerprint density at radius 2 is 1.32 bits per heavy atom. The summed E-state index contributed by atoms with van der Waals surface area (Å²) in [5, 5.41) is 8.26. The van der Waals surface area contributed by atoms with E-state index >= 15 is 0 Å². The lowest BCUT2D eigenvalue weighted by molar-refractivity contribution is -0.116. The van der Waals surface area contributed by atoms with Gasteiger partial charge in [-0.3, -0.25) is 14.4 Å². The molecule has 3 N–H and O–H groups in total. The molecule has 0 bridgehead atoms. The van der Waals surface area contributed by atoms with Crippen LogP contribution in [-0.2, 0) is 9.59 Å². The molecule has 0 aliphatic carbocycles. The Hall–Kier alpha value is -5.40. The van der Waals surface area contributed by atoms with Crippen LogP contribution in [0, 0.1) is 6.92 Å². The molecule has 0 saturated heterocycles. The standard InChI is InChI=1S/C40H37N3O3S/c1-27(2)29-21-23-33(24-22-29)41-40(46)37(30-14-6-4-7-15-30)47-35-20-12-19-34(26-35)42-39(45)36(25-32-18-11-10-13-28(32)3)43-38(44)31-16-8-5-9-17-31/h4-27,37H,1-3H3,(H,41,46)(H,42,45)(H,43,44)/b36-25-. The fourth-order valence-electron chi connectivity index (χ4n) is 4.89. The maximum atomic E-state index is 13.7. The zero-order valence-electron chi connectivity index (χ0n) is 26.6. The number of hydrogen-bond donors (Lipinski definition) is 3. The van der Waals surface area contributed by atoms with E-state index in [2.05, 4.69) is 29.8 Å². The van der Waals surface area contributed by atoms with Crippen molar-refractivity contribution in [2.75, 3.05) is 10.6 Å². The van der Waals surface area contributed by atoms with Gasteiger partial charge in [-0.2, -0.15) is 0 Å². The number of carbonyl (C=O) groups excluding carboxylic acids is 3. The number of hydrogen-bond acceptors (Lipinski definition) is 4. The Kier molecular flexibility index (Phi) is 11.0. The van der Waals surface area contributed by atoms with Gasteiger partial charge >= 0.3 is 0 Å². The molecule has 0 aliphatic rings. The monoisotopic (exact) mass is 639 g/mol. The molecule has 7 heteroatoms. The number of nitrogens with one attached hydrogen (secondary N) is 3. The van der Waals surface area contributed by atoms with E-state index < -0.39 is 11.2 Å². The van der Waals surface area contributed by atoms with E-state index in [1.54, 1.807) is 36.4 Å². The molecule has 1 unspecified atom stereocenters. The first-order valence-corrected chi connectivity index (χ1v) is 16.3. The van der Waals surface area contributed by atoms with Crippen molar-refractivity contribution >= 4 is 46.9 Å². The van der Waals surface area contributed by atoms with Crippen molar-refractivity contribution in [1.29, 1.82) is 0 Å². The summed E-state index contributed by atoms with van der Waals surface area (Å²) >= 11 is 1.39. The average molecular weight is 640 g/mol. The molecule has 5 aromatic carbocycles. The van der Waals surface area contributed by atoms with Gasteiger partial charge in [0.2, 0.25) is 5.91 Å². The second-order valence-corrected chi connectivity index (χ2v) is 12.6. The van der Waals surface area contributed by atoms with E-state index in [4.69, 9.17) is 0 Å². The van der Waals surface area contributed by atoms with Crippen molar-refractivity contribution in [3.05, 3.63) is 167 Å². The number of thioether (sulfide) groups is 1. The molecule has 236 valence electrons. The van der Waals surface area contributed by atoms with E-state index in [9.17, 15) is 14.4 Å². The molecular formula is C40H37N3O3S. The molecule has 47 heavy (non-hydrogen) atoms. The highest BCUT2D eigenvalue weighted by Gasteiger charge is 2.23. The largest absolute Gasteiger partial charge is 0.325 e. The quantitative estimate of drug-likeness (QED) is 0.0995. The lowest BCUT2D eigenvalue weighted by Gasteiger charge is -2.18. The molecule has 0 fully saturated rings. The minimum Gasteiger partial charge on any atom is -0.325 e. The Balaban J connectivity index is 1.37. The third-order valence-electron chi connectivity index (χ3n) is 7.55. The van der Waals surface area contributed by atoms with Gasteiger partial charge in [0.05, 0.1) is 0 Å². The summed E-state index contributed by atoms with van der Waals surface area (Å²) in [5.41, 5.74) is 5.64. The van der Waals surface area contributed by atoms with E-state index in [1.807, 2.05) is 110 Å². The summed E-state index contributed by atoms with van der Waals surface area (Å²) in [7, 11) is 0. The third-order valence-corrected chi connectivity index (χ3v) is 8.80. The average Bonchev–Trinajstić information content (AvgIpc) is 3.09. The highest BCUT2D eigenvalue weighted by atomic mass is 32.2. The number of benzene rings is 5. The lowest BCUT2D eigenvalue weighted by atomic mass is 10.0. The SMILES string of the molecule is Cc1ccccc1/C=C(\NC(=O)c1ccccc1)C(=O)Nc1cccc(SC(C(=O)Nc2ccc(C(C)C)cc2)c2ccccc2)c1. The Labute approximate surface area is 280 Å². The highest BCUT2D eigenvalue weighted by molar-refractivity contribution is 8.00. The maximum absolute atomic E-state index is 13.7. The molecule has 5 rings (SSSR count). The van der Waals surface area contributed by atoms with Crippen LogP contribution in [0.3, 0.4) is 0 Å². The highest BCUT2D eigenvalue weighted by Crippen LogP contribution is 2.37. The first kappa shape index (κ1) is 33.0. The van der Waals surface area contributed by atoms with Crippen LogP contribution in [0.2, 0.25) is 0 Å². The molecule has 0 saturated carbocycles. The van der Waals surface area contributed by atoms with Crippen LogP contribution in [0.25, 0.3) is 6.08 Å². The molecule has 6 nitrogen and oxygen atoms in total. The maximum Gasteiger partial charge on any atom is 0.272 e. The molecule has 0 aromatic heterocycles. The fourth-order valence-corrected chi connectivity index (χ4v) is 5.97. The van der Waals surface area contributed by atoms with E-state index in [0.29, 0.717) is 17.2 Å². The zero-order valence-corrected chi connectivity index (χ0v) is 27.4. The van der Waals surface area contributed by atoms with Gasteiger partial charge in [-0.15, -0.1) is 11.8 Å². The van der Waals surface area contributed by atoms with Crippen LogP contribution in [0.1, 0.15) is 57.6 Å². The summed E-state index contributed by atoms with van der Waals surface area (Å²) in [6.45, 7) is 6.21. The number of aryl methyl sites for hydroxylation is 1. The Bertz CT molecular complexity index is 1870. The van der Waals surface area contributed by atoms with E-state index in [0.717, 1.165) is 27.3 Å². The van der Waals surface area contributed by atoms with Crippen molar-refractivity contribution < 1.29 is 14.4 Å². The fraction of sp³-hybridized carbons (Fsp3) is 0.125. The first-order chi connectivity index (χ1) is 22.8. The van der Waals surface area contributed by atoms with Gasteiger partial charge < -0.3 is 16.0 Å². The van der Waals surface area contributed by atoms with Crippen LogP contribution in [0.15, 0.2) is 144 Å². The van der Waals surface area contributed by atoms with Crippen LogP contribution in [0.5, 0.6) is 0 Å². The molecule has 5 aromatic rings. The Morgan fingerprint density at radius 3 is 2.00 bits per heavy atom. The van der Waals surface area contributed by atoms with Crippen molar-refractivity contribution in [2.45, 2.75) is 36.8 Å². The van der Waals surface area contributed by atoms with Gasteiger partial charge in [0, 0.05) is 21.8 Å². The number of carbonyl (C=O) groups is 3. The van der Waals surface area contributed by atoms with Crippen molar-refractivity contribution in [2.24, 2.45) is 0 Å². The van der Waals surface area contributed by atoms with Gasteiger partial charge in [-0.05, 0) is 83.6 Å². The van der Waals surface area contributed by atoms with E-state index in [-0.39, 0.29) is 17.5 Å². The summed E-state index contributed by atoms with van der Waals surface area (Å²) < 4.78 is 0. The topological polar surface area (TPSA) is 87.3 Å². The van der Waals surface area contributed by atoms with Crippen LogP contribution in [0.4, 0.5) is 11.4 Å². The minimum atomic E-state index is -0.548. The summed E-state index contributed by atoms with van der Waals surface area (Å²) in [6, 6.07) is 41.3. The van der Waals surface area contributed by atoms with Crippen LogP contribution >= 0.6 is 11.8 Å². The van der Waals surface area contributed by atoms with Crippen LogP contribution in [-0.4, -0.2) is 17.7 Å². The first-order valence-electron chi connectivity index (χ1n) is 15.4. The molecule has 0 spiro atoms. The normalized spacial score (nSPS) is 11.9. The van der Waals surface area contributed by atoms with Gasteiger partial charge in [-0.25, -0.2) is 0 Å². The molecule has 0 heterocycles. The zero-order chi connectivity index (χ0) is 33.2. The van der Waals surface area contributed by atoms with Gasteiger partial charge in [0.25, 0.3) is 11.8 Å². The Morgan fingerprint density at radius 1 is 0.660 bits per heavy atom. The number of amides is 3. The smallest absolute Gasteiger partial charge is 0.272 e. The molecular weight excluding hydrogens is 603 g/mol. The summed E-state index contributed by atoms with van der Waals surface area (Å²) in [4.78, 5) is 41.2. The predicted molar refractivity (Wildman–Crippen MR) is 192 cm³/mol.